The van der Waals surface area contributed by atoms with Crippen molar-refractivity contribution in [2.45, 2.75) is 39.5 Å². The Bertz CT molecular complexity index is 416. The third-order valence-corrected chi connectivity index (χ3v) is 2.92. The van der Waals surface area contributed by atoms with Crippen LogP contribution in [0.15, 0.2) is 18.2 Å². The van der Waals surface area contributed by atoms with Crippen molar-refractivity contribution < 1.29 is 9.47 Å². The quantitative estimate of drug-likeness (QED) is 0.561. The Balaban J connectivity index is 2.52. The molecule has 1 aromatic rings. The highest BCUT2D eigenvalue weighted by atomic mass is 16.5. The molecule has 19 heavy (non-hydrogen) atoms. The summed E-state index contributed by atoms with van der Waals surface area (Å²) < 4.78 is 10.4. The average Bonchev–Trinajstić information content (AvgIpc) is 2.41. The summed E-state index contributed by atoms with van der Waals surface area (Å²) in [6.45, 7) is 4.52. The minimum absolute atomic E-state index is 0.781. The van der Waals surface area contributed by atoms with Crippen LogP contribution >= 0.6 is 0 Å². The lowest BCUT2D eigenvalue weighted by Gasteiger charge is -2.04. The maximum absolute atomic E-state index is 5.22. The van der Waals surface area contributed by atoms with Gasteiger partial charge in [0.1, 0.15) is 11.5 Å². The molecule has 0 saturated heterocycles. The van der Waals surface area contributed by atoms with E-state index in [0.29, 0.717) is 0 Å². The van der Waals surface area contributed by atoms with Gasteiger partial charge < -0.3 is 9.47 Å². The molecule has 1 rings (SSSR count). The molecule has 0 saturated carbocycles. The van der Waals surface area contributed by atoms with Gasteiger partial charge in [-0.2, -0.15) is 0 Å². The number of methoxy groups -OCH3 is 2. The van der Waals surface area contributed by atoms with E-state index >= 15 is 0 Å². The van der Waals surface area contributed by atoms with E-state index in [0.717, 1.165) is 29.4 Å². The highest BCUT2D eigenvalue weighted by Gasteiger charge is 1.99. The Hall–Kier alpha value is -1.62. The van der Waals surface area contributed by atoms with Crippen LogP contribution in [0.25, 0.3) is 0 Å². The number of hydrogen-bond donors (Lipinski definition) is 0. The number of benzene rings is 1. The van der Waals surface area contributed by atoms with Crippen LogP contribution in [0.2, 0.25) is 0 Å². The van der Waals surface area contributed by atoms with Crippen molar-refractivity contribution in [3.8, 4) is 23.3 Å². The smallest absolute Gasteiger partial charge is 0.123 e. The predicted molar refractivity (Wildman–Crippen MR) is 79.7 cm³/mol. The number of ether oxygens (including phenoxy) is 2. The molecule has 0 aliphatic carbocycles. The summed E-state index contributed by atoms with van der Waals surface area (Å²) >= 11 is 0. The lowest BCUT2D eigenvalue weighted by atomic mass is 10.1. The van der Waals surface area contributed by atoms with Gasteiger partial charge in [-0.15, -0.1) is 0 Å². The fraction of sp³-hybridized carbons (Fsp3) is 0.529. The third kappa shape index (κ3) is 6.20. The number of rotatable bonds is 6. The lowest BCUT2D eigenvalue weighted by Crippen LogP contribution is -1.88. The summed E-state index contributed by atoms with van der Waals surface area (Å²) in [7, 11) is 3.30. The Morgan fingerprint density at radius 2 is 1.63 bits per heavy atom. The van der Waals surface area contributed by atoms with Crippen LogP contribution in [0.3, 0.4) is 0 Å². The van der Waals surface area contributed by atoms with Crippen molar-refractivity contribution in [2.24, 2.45) is 5.92 Å². The van der Waals surface area contributed by atoms with Gasteiger partial charge in [0, 0.05) is 18.1 Å². The zero-order valence-corrected chi connectivity index (χ0v) is 12.5. The summed E-state index contributed by atoms with van der Waals surface area (Å²) in [6, 6.07) is 5.72. The van der Waals surface area contributed by atoms with Gasteiger partial charge in [-0.1, -0.05) is 38.5 Å². The van der Waals surface area contributed by atoms with Gasteiger partial charge in [0.15, 0.2) is 0 Å². The normalized spacial score (nSPS) is 9.95. The highest BCUT2D eigenvalue weighted by molar-refractivity contribution is 5.46. The van der Waals surface area contributed by atoms with Crippen LogP contribution in [0, 0.1) is 17.8 Å². The monoisotopic (exact) mass is 260 g/mol. The molecule has 0 bridgehead atoms. The van der Waals surface area contributed by atoms with Crippen LogP contribution in [0.1, 0.15) is 45.1 Å². The van der Waals surface area contributed by atoms with Gasteiger partial charge in [-0.3, -0.25) is 0 Å². The molecule has 0 aliphatic heterocycles. The summed E-state index contributed by atoms with van der Waals surface area (Å²) in [5.41, 5.74) is 0.944. The molecule has 0 aromatic heterocycles. The van der Waals surface area contributed by atoms with Gasteiger partial charge in [0.05, 0.1) is 14.2 Å². The molecule has 0 aliphatic rings. The Labute approximate surface area is 117 Å². The molecular weight excluding hydrogens is 236 g/mol. The van der Waals surface area contributed by atoms with Crippen LogP contribution in [-0.4, -0.2) is 14.2 Å². The van der Waals surface area contributed by atoms with Gasteiger partial charge in [0.2, 0.25) is 0 Å². The van der Waals surface area contributed by atoms with E-state index in [-0.39, 0.29) is 0 Å². The topological polar surface area (TPSA) is 18.5 Å². The Morgan fingerprint density at radius 3 is 2.16 bits per heavy atom. The largest absolute Gasteiger partial charge is 0.497 e. The summed E-state index contributed by atoms with van der Waals surface area (Å²) in [5, 5.41) is 0. The fourth-order valence-corrected chi connectivity index (χ4v) is 1.81. The molecule has 2 nitrogen and oxygen atoms in total. The molecule has 0 atom stereocenters. The van der Waals surface area contributed by atoms with E-state index in [1.165, 1.54) is 19.3 Å². The molecule has 0 spiro atoms. The van der Waals surface area contributed by atoms with E-state index in [9.17, 15) is 0 Å². The Kier molecular flexibility index (Phi) is 6.89. The summed E-state index contributed by atoms with van der Waals surface area (Å²) in [6.07, 6.45) is 4.67. The first kappa shape index (κ1) is 15.4. The third-order valence-electron chi connectivity index (χ3n) is 2.92. The van der Waals surface area contributed by atoms with Crippen molar-refractivity contribution in [3.05, 3.63) is 23.8 Å². The minimum atomic E-state index is 0.781. The van der Waals surface area contributed by atoms with Crippen LogP contribution < -0.4 is 9.47 Å². The number of hydrogen-bond acceptors (Lipinski definition) is 2. The van der Waals surface area contributed by atoms with E-state index < -0.39 is 0 Å². The second kappa shape index (κ2) is 8.48. The second-order valence-corrected chi connectivity index (χ2v) is 5.04. The maximum atomic E-state index is 5.22. The van der Waals surface area contributed by atoms with Crippen molar-refractivity contribution in [1.82, 2.24) is 0 Å². The van der Waals surface area contributed by atoms with Crippen LogP contribution in [-0.2, 0) is 0 Å². The van der Waals surface area contributed by atoms with Crippen LogP contribution in [0.5, 0.6) is 11.5 Å². The first-order valence-corrected chi connectivity index (χ1v) is 6.87. The Morgan fingerprint density at radius 1 is 1.00 bits per heavy atom. The molecule has 0 unspecified atom stereocenters. The van der Waals surface area contributed by atoms with Crippen molar-refractivity contribution in [1.29, 1.82) is 0 Å². The van der Waals surface area contributed by atoms with E-state index in [1.54, 1.807) is 14.2 Å². The van der Waals surface area contributed by atoms with E-state index in [4.69, 9.17) is 9.47 Å². The van der Waals surface area contributed by atoms with E-state index in [2.05, 4.69) is 25.7 Å². The van der Waals surface area contributed by atoms with E-state index in [1.807, 2.05) is 18.2 Å². The zero-order chi connectivity index (χ0) is 14.1. The average molecular weight is 260 g/mol. The molecule has 104 valence electrons. The summed E-state index contributed by atoms with van der Waals surface area (Å²) in [4.78, 5) is 0. The first-order chi connectivity index (χ1) is 9.15. The second-order valence-electron chi connectivity index (χ2n) is 5.04. The molecule has 0 heterocycles. The standard InChI is InChI=1S/C17H24O2/c1-14(2)9-7-5-6-8-10-15-11-16(18-3)13-17(12-15)19-4/h11-14H,5-7,9H2,1-4H3. The zero-order valence-electron chi connectivity index (χ0n) is 12.5. The molecule has 0 radical (unpaired) electrons. The minimum Gasteiger partial charge on any atom is -0.497 e. The van der Waals surface area contributed by atoms with Crippen molar-refractivity contribution in [3.63, 3.8) is 0 Å². The highest BCUT2D eigenvalue weighted by Crippen LogP contribution is 2.21. The molecule has 1 aromatic carbocycles. The lowest BCUT2D eigenvalue weighted by molar-refractivity contribution is 0.394. The van der Waals surface area contributed by atoms with Gasteiger partial charge in [-0.05, 0) is 24.5 Å². The van der Waals surface area contributed by atoms with Gasteiger partial charge in [0.25, 0.3) is 0 Å². The fourth-order valence-electron chi connectivity index (χ4n) is 1.81. The predicted octanol–water partition coefficient (Wildman–Crippen LogP) is 4.27. The first-order valence-electron chi connectivity index (χ1n) is 6.87. The molecule has 0 fully saturated rings. The van der Waals surface area contributed by atoms with Gasteiger partial charge in [-0.25, -0.2) is 0 Å². The molecule has 0 amide bonds. The maximum Gasteiger partial charge on any atom is 0.123 e. The van der Waals surface area contributed by atoms with Crippen molar-refractivity contribution >= 4 is 0 Å². The molecule has 2 heteroatoms. The number of unbranched alkanes of at least 4 members (excludes halogenated alkanes) is 2. The molecule has 0 N–H and O–H groups in total. The summed E-state index contributed by atoms with van der Waals surface area (Å²) in [5.74, 6) is 8.74. The SMILES string of the molecule is COc1cc(C#CCCCCC(C)C)cc(OC)c1. The van der Waals surface area contributed by atoms with Gasteiger partial charge >= 0.3 is 0 Å². The molecular formula is C17H24O2. The van der Waals surface area contributed by atoms with Crippen molar-refractivity contribution in [2.75, 3.05) is 14.2 Å². The van der Waals surface area contributed by atoms with Crippen LogP contribution in [0.4, 0.5) is 0 Å².